The summed E-state index contributed by atoms with van der Waals surface area (Å²) < 4.78 is 14.2. The predicted molar refractivity (Wildman–Crippen MR) is 88.1 cm³/mol. The maximum Gasteiger partial charge on any atom is 0.130 e. The van der Waals surface area contributed by atoms with Crippen LogP contribution in [0.5, 0.6) is 0 Å². The number of nitrogens with one attached hydrogen (secondary N) is 2. The Kier molecular flexibility index (Phi) is 4.38. The molecule has 0 radical (unpaired) electrons. The van der Waals surface area contributed by atoms with E-state index in [4.69, 9.17) is 5.41 Å². The van der Waals surface area contributed by atoms with Gasteiger partial charge in [-0.1, -0.05) is 12.1 Å². The number of amidine groups is 1. The monoisotopic (exact) mass is 362 g/mol. The molecule has 1 aromatic heterocycles. The van der Waals surface area contributed by atoms with Crippen LogP contribution in [0.2, 0.25) is 0 Å². The van der Waals surface area contributed by atoms with Crippen LogP contribution in [-0.4, -0.2) is 27.2 Å². The van der Waals surface area contributed by atoms with Crippen LogP contribution in [-0.2, 0) is 0 Å². The largest absolute Gasteiger partial charge is 0.350 e. The molecule has 0 saturated carbocycles. The van der Waals surface area contributed by atoms with E-state index in [9.17, 15) is 4.39 Å². The van der Waals surface area contributed by atoms with Gasteiger partial charge in [-0.15, -0.1) is 0 Å². The third kappa shape index (κ3) is 3.27. The zero-order chi connectivity index (χ0) is 15.5. The summed E-state index contributed by atoms with van der Waals surface area (Å²) in [6, 6.07) is 6.72. The fourth-order valence-electron chi connectivity index (χ4n) is 2.77. The third-order valence-corrected chi connectivity index (χ3v) is 4.16. The summed E-state index contributed by atoms with van der Waals surface area (Å²) in [6.45, 7) is 0.812. The highest BCUT2D eigenvalue weighted by Gasteiger charge is 2.27. The first kappa shape index (κ1) is 15.0. The van der Waals surface area contributed by atoms with Crippen molar-refractivity contribution in [2.45, 2.75) is 18.9 Å². The third-order valence-electron chi connectivity index (χ3n) is 3.76. The lowest BCUT2D eigenvalue weighted by Gasteiger charge is -2.26. The molecule has 1 atom stereocenters. The fraction of sp³-hybridized carbons (Fsp3) is 0.250. The number of halogens is 2. The van der Waals surface area contributed by atoms with Crippen LogP contribution in [0, 0.1) is 11.2 Å². The van der Waals surface area contributed by atoms with Crippen LogP contribution in [0.15, 0.2) is 41.1 Å². The molecule has 2 N–H and O–H groups in total. The first-order valence-corrected chi connectivity index (χ1v) is 7.92. The lowest BCUT2D eigenvalue weighted by atomic mass is 10.0. The van der Waals surface area contributed by atoms with E-state index in [1.165, 1.54) is 6.07 Å². The number of nitrogens with zero attached hydrogens (tertiary/aromatic N) is 2. The highest BCUT2D eigenvalue weighted by atomic mass is 79.9. The lowest BCUT2D eigenvalue weighted by Crippen LogP contribution is -2.28. The first-order valence-electron chi connectivity index (χ1n) is 7.13. The Bertz CT molecular complexity index is 710. The summed E-state index contributed by atoms with van der Waals surface area (Å²) >= 11 is 3.30. The average Bonchev–Trinajstić information content (AvgIpc) is 3.13. The maximum atomic E-state index is 13.4. The standard InChI is InChI=1S/C16H16BrFN4/c17-14-10-20-16(21-14)7-6-15(19)22-8-2-5-13(22)11-3-1-4-12(18)9-11/h1,3-4,6-7,9-10,13,19H,2,5,8H2,(H,20,21)/b7-6-,19-15?/t13-/m1/s1. The number of imidazole rings is 1. The number of likely N-dealkylation sites (tertiary alicyclic amines) is 1. The molecule has 2 aromatic rings. The molecule has 0 amide bonds. The Morgan fingerprint density at radius 2 is 2.36 bits per heavy atom. The average molecular weight is 363 g/mol. The van der Waals surface area contributed by atoms with Gasteiger partial charge >= 0.3 is 0 Å². The second-order valence-corrected chi connectivity index (χ2v) is 6.10. The van der Waals surface area contributed by atoms with Gasteiger partial charge in [-0.05, 0) is 58.6 Å². The summed E-state index contributed by atoms with van der Waals surface area (Å²) in [7, 11) is 0. The van der Waals surface area contributed by atoms with Crippen LogP contribution in [0.3, 0.4) is 0 Å². The summed E-state index contributed by atoms with van der Waals surface area (Å²) in [5, 5.41) is 8.27. The van der Waals surface area contributed by atoms with Crippen LogP contribution in [0.4, 0.5) is 4.39 Å². The quantitative estimate of drug-likeness (QED) is 0.636. The number of aromatic nitrogens is 2. The number of benzene rings is 1. The van der Waals surface area contributed by atoms with Gasteiger partial charge in [0.15, 0.2) is 0 Å². The molecular formula is C16H16BrFN4. The molecule has 22 heavy (non-hydrogen) atoms. The van der Waals surface area contributed by atoms with Crippen molar-refractivity contribution < 1.29 is 4.39 Å². The van der Waals surface area contributed by atoms with Crippen molar-refractivity contribution in [2.24, 2.45) is 0 Å². The Morgan fingerprint density at radius 1 is 1.50 bits per heavy atom. The molecule has 0 bridgehead atoms. The van der Waals surface area contributed by atoms with Crippen molar-refractivity contribution >= 4 is 27.8 Å². The van der Waals surface area contributed by atoms with Crippen molar-refractivity contribution in [3.05, 3.63) is 58.3 Å². The van der Waals surface area contributed by atoms with Crippen molar-refractivity contribution in [3.63, 3.8) is 0 Å². The smallest absolute Gasteiger partial charge is 0.130 e. The molecular weight excluding hydrogens is 347 g/mol. The van der Waals surface area contributed by atoms with Gasteiger partial charge in [-0.2, -0.15) is 0 Å². The van der Waals surface area contributed by atoms with Gasteiger partial charge < -0.3 is 9.88 Å². The van der Waals surface area contributed by atoms with Gasteiger partial charge in [0.1, 0.15) is 22.1 Å². The summed E-state index contributed by atoms with van der Waals surface area (Å²) in [5.41, 5.74) is 0.927. The van der Waals surface area contributed by atoms with E-state index >= 15 is 0 Å². The van der Waals surface area contributed by atoms with Crippen molar-refractivity contribution in [1.29, 1.82) is 5.41 Å². The molecule has 114 valence electrons. The van der Waals surface area contributed by atoms with Crippen LogP contribution < -0.4 is 0 Å². The highest BCUT2D eigenvalue weighted by Crippen LogP contribution is 2.32. The molecule has 2 heterocycles. The molecule has 6 heteroatoms. The van der Waals surface area contributed by atoms with Gasteiger partial charge in [0.05, 0.1) is 12.2 Å². The highest BCUT2D eigenvalue weighted by molar-refractivity contribution is 9.10. The second-order valence-electron chi connectivity index (χ2n) is 5.24. The number of aromatic amines is 1. The fourth-order valence-corrected chi connectivity index (χ4v) is 3.07. The van der Waals surface area contributed by atoms with E-state index in [1.807, 2.05) is 11.0 Å². The van der Waals surface area contributed by atoms with Gasteiger partial charge in [0.25, 0.3) is 0 Å². The van der Waals surface area contributed by atoms with E-state index in [0.717, 1.165) is 29.6 Å². The van der Waals surface area contributed by atoms with Crippen LogP contribution in [0.25, 0.3) is 6.08 Å². The second kappa shape index (κ2) is 6.44. The molecule has 3 rings (SSSR count). The van der Waals surface area contributed by atoms with E-state index in [2.05, 4.69) is 25.9 Å². The van der Waals surface area contributed by atoms with Crippen LogP contribution >= 0.6 is 15.9 Å². The summed E-state index contributed by atoms with van der Waals surface area (Å²) in [4.78, 5) is 9.18. The van der Waals surface area contributed by atoms with Crippen molar-refractivity contribution in [1.82, 2.24) is 14.9 Å². The molecule has 1 aliphatic heterocycles. The molecule has 1 saturated heterocycles. The molecule has 0 spiro atoms. The Morgan fingerprint density at radius 3 is 3.09 bits per heavy atom. The normalized spacial score (nSPS) is 18.3. The number of hydrogen-bond donors (Lipinski definition) is 2. The summed E-state index contributed by atoms with van der Waals surface area (Å²) in [5.74, 6) is 0.879. The maximum absolute atomic E-state index is 13.4. The number of hydrogen-bond acceptors (Lipinski definition) is 2. The number of rotatable bonds is 3. The van der Waals surface area contributed by atoms with Gasteiger partial charge in [-0.25, -0.2) is 9.37 Å². The van der Waals surface area contributed by atoms with E-state index in [1.54, 1.807) is 30.5 Å². The number of H-pyrrole nitrogens is 1. The van der Waals surface area contributed by atoms with Gasteiger partial charge in [0.2, 0.25) is 0 Å². The molecule has 4 nitrogen and oxygen atoms in total. The Hall–Kier alpha value is -1.95. The Balaban J connectivity index is 1.75. The van der Waals surface area contributed by atoms with E-state index in [-0.39, 0.29) is 11.9 Å². The predicted octanol–water partition coefficient (Wildman–Crippen LogP) is 4.14. The molecule has 1 aliphatic rings. The minimum Gasteiger partial charge on any atom is -0.350 e. The van der Waals surface area contributed by atoms with Crippen molar-refractivity contribution in [3.8, 4) is 0 Å². The minimum atomic E-state index is -0.230. The van der Waals surface area contributed by atoms with Gasteiger partial charge in [0, 0.05) is 6.54 Å². The summed E-state index contributed by atoms with van der Waals surface area (Å²) in [6.07, 6.45) is 7.11. The van der Waals surface area contributed by atoms with E-state index in [0.29, 0.717) is 11.7 Å². The Labute approximate surface area is 136 Å². The van der Waals surface area contributed by atoms with Crippen molar-refractivity contribution in [2.75, 3.05) is 6.54 Å². The van der Waals surface area contributed by atoms with E-state index < -0.39 is 0 Å². The molecule has 0 aliphatic carbocycles. The first-order chi connectivity index (χ1) is 10.6. The SMILES string of the molecule is N=C(/C=C\c1ncc(Br)[nH]1)N1CCC[C@@H]1c1cccc(F)c1. The zero-order valence-electron chi connectivity index (χ0n) is 11.9. The van der Waals surface area contributed by atoms with Crippen LogP contribution in [0.1, 0.15) is 30.3 Å². The molecule has 1 fully saturated rings. The van der Waals surface area contributed by atoms with Gasteiger partial charge in [-0.3, -0.25) is 5.41 Å². The lowest BCUT2D eigenvalue weighted by molar-refractivity contribution is 0.399. The zero-order valence-corrected chi connectivity index (χ0v) is 13.5. The molecule has 1 aromatic carbocycles. The topological polar surface area (TPSA) is 55.8 Å². The molecule has 0 unspecified atom stereocenters. The minimum absolute atomic E-state index is 0.0659.